The highest BCUT2D eigenvalue weighted by Crippen LogP contribution is 2.25. The molecule has 0 bridgehead atoms. The number of methoxy groups -OCH3 is 1. The number of benzene rings is 1. The molecule has 0 amide bonds. The molecule has 2 aromatic rings. The highest BCUT2D eigenvalue weighted by Gasteiger charge is 2.16. The molecule has 8 heteroatoms. The third-order valence-electron chi connectivity index (χ3n) is 2.46. The molecule has 19 heavy (non-hydrogen) atoms. The van der Waals surface area contributed by atoms with Gasteiger partial charge in [-0.1, -0.05) is 0 Å². The number of nitrogens with zero attached hydrogens (tertiary/aromatic N) is 2. The number of nitrogens with two attached hydrogens (primary N) is 1. The van der Waals surface area contributed by atoms with E-state index < -0.39 is 10.0 Å². The smallest absolute Gasteiger partial charge is 0.263 e. The van der Waals surface area contributed by atoms with Crippen LogP contribution in [0.3, 0.4) is 0 Å². The third kappa shape index (κ3) is 2.79. The summed E-state index contributed by atoms with van der Waals surface area (Å²) in [7, 11) is -0.547. The highest BCUT2D eigenvalue weighted by molar-refractivity contribution is 7.92. The first kappa shape index (κ1) is 13.2. The molecule has 0 radical (unpaired) electrons. The van der Waals surface area contributed by atoms with Crippen LogP contribution in [0.25, 0.3) is 0 Å². The predicted octanol–water partition coefficient (Wildman–Crippen LogP) is 0.812. The zero-order valence-corrected chi connectivity index (χ0v) is 11.3. The molecule has 0 spiro atoms. The maximum absolute atomic E-state index is 12.1. The summed E-state index contributed by atoms with van der Waals surface area (Å²) < 4.78 is 33.1. The number of sulfonamides is 1. The maximum atomic E-state index is 12.1. The van der Waals surface area contributed by atoms with Gasteiger partial charge in [0, 0.05) is 19.3 Å². The summed E-state index contributed by atoms with van der Waals surface area (Å²) in [4.78, 5) is 0.0523. The molecule has 1 aromatic heterocycles. The van der Waals surface area contributed by atoms with E-state index in [0.717, 1.165) is 0 Å². The van der Waals surface area contributed by atoms with Crippen molar-refractivity contribution in [3.63, 3.8) is 0 Å². The van der Waals surface area contributed by atoms with Crippen molar-refractivity contribution in [1.29, 1.82) is 0 Å². The average molecular weight is 282 g/mol. The lowest BCUT2D eigenvalue weighted by Crippen LogP contribution is -2.14. The number of nitrogens with one attached hydrogen (secondary N) is 1. The van der Waals surface area contributed by atoms with Crippen molar-refractivity contribution in [2.24, 2.45) is 7.05 Å². The van der Waals surface area contributed by atoms with Crippen LogP contribution in [0.4, 0.5) is 11.5 Å². The van der Waals surface area contributed by atoms with Crippen LogP contribution >= 0.6 is 0 Å². The van der Waals surface area contributed by atoms with Crippen LogP contribution in [0.1, 0.15) is 0 Å². The zero-order chi connectivity index (χ0) is 14.0. The summed E-state index contributed by atoms with van der Waals surface area (Å²) in [6, 6.07) is 5.82. The number of aromatic nitrogens is 2. The topological polar surface area (TPSA) is 99.2 Å². The Balaban J connectivity index is 2.31. The van der Waals surface area contributed by atoms with Crippen LogP contribution in [0.5, 0.6) is 5.75 Å². The Labute approximate surface area is 111 Å². The van der Waals surface area contributed by atoms with Crippen molar-refractivity contribution < 1.29 is 13.2 Å². The lowest BCUT2D eigenvalue weighted by Gasteiger charge is -2.08. The van der Waals surface area contributed by atoms with Crippen molar-refractivity contribution in [2.45, 2.75) is 4.90 Å². The number of hydrogen-bond acceptors (Lipinski definition) is 5. The predicted molar refractivity (Wildman–Crippen MR) is 71.4 cm³/mol. The normalized spacial score (nSPS) is 11.3. The van der Waals surface area contributed by atoms with Gasteiger partial charge in [0.1, 0.15) is 5.75 Å². The molecule has 1 heterocycles. The molecule has 0 atom stereocenters. The van der Waals surface area contributed by atoms with E-state index in [1.165, 1.54) is 30.0 Å². The van der Waals surface area contributed by atoms with E-state index in [9.17, 15) is 8.42 Å². The molecule has 0 saturated carbocycles. The van der Waals surface area contributed by atoms with Gasteiger partial charge in [0.15, 0.2) is 5.82 Å². The second-order valence-electron chi connectivity index (χ2n) is 3.88. The molecule has 0 unspecified atom stereocenters. The molecule has 0 aliphatic rings. The van der Waals surface area contributed by atoms with E-state index in [-0.39, 0.29) is 16.4 Å². The van der Waals surface area contributed by atoms with E-state index in [0.29, 0.717) is 5.75 Å². The second-order valence-corrected chi connectivity index (χ2v) is 5.57. The Hall–Kier alpha value is -2.22. The van der Waals surface area contributed by atoms with E-state index >= 15 is 0 Å². The SMILES string of the molecule is COc1ccc(S(=O)(=O)Nc2ccn(C)n2)cc1N. The van der Waals surface area contributed by atoms with Gasteiger partial charge >= 0.3 is 0 Å². The summed E-state index contributed by atoms with van der Waals surface area (Å²) >= 11 is 0. The minimum absolute atomic E-state index is 0.0523. The van der Waals surface area contributed by atoms with Gasteiger partial charge in [0.2, 0.25) is 0 Å². The zero-order valence-electron chi connectivity index (χ0n) is 10.5. The van der Waals surface area contributed by atoms with Crippen molar-refractivity contribution in [2.75, 3.05) is 17.6 Å². The molecule has 0 fully saturated rings. The quantitative estimate of drug-likeness (QED) is 0.808. The Morgan fingerprint density at radius 2 is 2.11 bits per heavy atom. The standard InChI is InChI=1S/C11H14N4O3S/c1-15-6-5-11(13-15)14-19(16,17)8-3-4-10(18-2)9(12)7-8/h3-7H,12H2,1-2H3,(H,13,14). The molecule has 102 valence electrons. The minimum Gasteiger partial charge on any atom is -0.495 e. The minimum atomic E-state index is -3.71. The van der Waals surface area contributed by atoms with Gasteiger partial charge in [-0.3, -0.25) is 9.40 Å². The van der Waals surface area contributed by atoms with Crippen molar-refractivity contribution >= 4 is 21.5 Å². The highest BCUT2D eigenvalue weighted by atomic mass is 32.2. The van der Waals surface area contributed by atoms with E-state index in [4.69, 9.17) is 10.5 Å². The van der Waals surface area contributed by atoms with Crippen LogP contribution in [0.15, 0.2) is 35.4 Å². The second kappa shape index (κ2) is 4.81. The molecular weight excluding hydrogens is 268 g/mol. The van der Waals surface area contributed by atoms with Crippen molar-refractivity contribution in [3.05, 3.63) is 30.5 Å². The summed E-state index contributed by atoms with van der Waals surface area (Å²) in [5, 5.41) is 3.95. The molecule has 0 aliphatic heterocycles. The first-order valence-corrected chi connectivity index (χ1v) is 6.86. The molecule has 0 aliphatic carbocycles. The van der Waals surface area contributed by atoms with Gasteiger partial charge in [-0.05, 0) is 18.2 Å². The van der Waals surface area contributed by atoms with E-state index in [1.54, 1.807) is 19.3 Å². The molecule has 0 saturated heterocycles. The van der Waals surface area contributed by atoms with Gasteiger partial charge < -0.3 is 10.5 Å². The van der Waals surface area contributed by atoms with Crippen LogP contribution in [-0.4, -0.2) is 25.3 Å². The maximum Gasteiger partial charge on any atom is 0.263 e. The number of nitrogen functional groups attached to an aromatic ring is 1. The first-order chi connectivity index (χ1) is 8.92. The van der Waals surface area contributed by atoms with Gasteiger partial charge in [-0.15, -0.1) is 0 Å². The number of anilines is 2. The molecule has 3 N–H and O–H groups in total. The number of aryl methyl sites for hydroxylation is 1. The van der Waals surface area contributed by atoms with Crippen molar-refractivity contribution in [1.82, 2.24) is 9.78 Å². The molecule has 7 nitrogen and oxygen atoms in total. The first-order valence-electron chi connectivity index (χ1n) is 5.38. The Kier molecular flexibility index (Phi) is 3.34. The fourth-order valence-corrected chi connectivity index (χ4v) is 2.58. The van der Waals surface area contributed by atoms with Gasteiger partial charge in [0.05, 0.1) is 17.7 Å². The van der Waals surface area contributed by atoms with Gasteiger partial charge in [-0.25, -0.2) is 8.42 Å². The molecule has 2 rings (SSSR count). The van der Waals surface area contributed by atoms with Crippen molar-refractivity contribution in [3.8, 4) is 5.75 Å². The largest absolute Gasteiger partial charge is 0.495 e. The fourth-order valence-electron chi connectivity index (χ4n) is 1.55. The summed E-state index contributed by atoms with van der Waals surface area (Å²) in [5.41, 5.74) is 5.95. The lowest BCUT2D eigenvalue weighted by atomic mass is 10.3. The monoisotopic (exact) mass is 282 g/mol. The van der Waals surface area contributed by atoms with Crippen LogP contribution in [0.2, 0.25) is 0 Å². The summed E-state index contributed by atoms with van der Waals surface area (Å²) in [6.45, 7) is 0. The lowest BCUT2D eigenvalue weighted by molar-refractivity contribution is 0.416. The third-order valence-corrected chi connectivity index (χ3v) is 3.82. The van der Waals surface area contributed by atoms with E-state index in [1.807, 2.05) is 0 Å². The molecule has 1 aromatic carbocycles. The number of hydrogen-bond donors (Lipinski definition) is 2. The van der Waals surface area contributed by atoms with Crippen LogP contribution in [-0.2, 0) is 17.1 Å². The molecular formula is C11H14N4O3S. The van der Waals surface area contributed by atoms with Crippen LogP contribution < -0.4 is 15.2 Å². The number of ether oxygens (including phenoxy) is 1. The van der Waals surface area contributed by atoms with Gasteiger partial charge in [0.25, 0.3) is 10.0 Å². The van der Waals surface area contributed by atoms with Crippen LogP contribution in [0, 0.1) is 0 Å². The number of rotatable bonds is 4. The van der Waals surface area contributed by atoms with Gasteiger partial charge in [-0.2, -0.15) is 5.10 Å². The van der Waals surface area contributed by atoms with E-state index in [2.05, 4.69) is 9.82 Å². The average Bonchev–Trinajstić information content (AvgIpc) is 2.73. The fraction of sp³-hybridized carbons (Fsp3) is 0.182. The Morgan fingerprint density at radius 1 is 1.37 bits per heavy atom. The Morgan fingerprint density at radius 3 is 2.63 bits per heavy atom. The summed E-state index contributed by atoms with van der Waals surface area (Å²) in [5.74, 6) is 0.675. The Bertz CT molecular complexity index is 694. The summed E-state index contributed by atoms with van der Waals surface area (Å²) in [6.07, 6.45) is 1.64.